The molecule has 6 aliphatic rings. The molecule has 3 aliphatic carbocycles. The number of cyclic esters (lactones) is 1. The molecule has 1 saturated carbocycles. The van der Waals surface area contributed by atoms with Gasteiger partial charge in [-0.15, -0.1) is 0 Å². The van der Waals surface area contributed by atoms with Crippen molar-refractivity contribution in [2.75, 3.05) is 35.4 Å². The van der Waals surface area contributed by atoms with Crippen molar-refractivity contribution in [2.45, 2.75) is 153 Å². The zero-order valence-electron chi connectivity index (χ0n) is 34.1. The zero-order valence-corrected chi connectivity index (χ0v) is 34.1. The minimum Gasteiger partial charge on any atom is -0.458 e. The summed E-state index contributed by atoms with van der Waals surface area (Å²) in [6, 6.07) is 0.330. The highest BCUT2D eigenvalue weighted by Crippen LogP contribution is 2.54. The Balaban J connectivity index is 1.22. The molecule has 0 N–H and O–H groups in total. The third-order valence-corrected chi connectivity index (χ3v) is 13.3. The van der Waals surface area contributed by atoms with Crippen LogP contribution in [0.25, 0.3) is 0 Å². The molecule has 3 aliphatic heterocycles. The molecular formula is C43H67NO10. The summed E-state index contributed by atoms with van der Waals surface area (Å²) in [6.07, 6.45) is 14.6. The van der Waals surface area contributed by atoms with Gasteiger partial charge in [0.15, 0.2) is 18.4 Å². The maximum Gasteiger partial charge on any atom is 0.307 e. The van der Waals surface area contributed by atoms with Gasteiger partial charge in [-0.1, -0.05) is 38.2 Å². The Morgan fingerprint density at radius 3 is 2.30 bits per heavy atom. The minimum atomic E-state index is -0.600. The van der Waals surface area contributed by atoms with E-state index in [1.807, 2.05) is 19.9 Å². The lowest BCUT2D eigenvalue weighted by molar-refractivity contribution is -0.314. The lowest BCUT2D eigenvalue weighted by Gasteiger charge is -2.44. The molecule has 54 heavy (non-hydrogen) atoms. The largest absolute Gasteiger partial charge is 0.458 e. The zero-order chi connectivity index (χ0) is 38.7. The van der Waals surface area contributed by atoms with Gasteiger partial charge in [0.25, 0.3) is 0 Å². The Bertz CT molecular complexity index is 1370. The van der Waals surface area contributed by atoms with Crippen LogP contribution in [-0.4, -0.2) is 120 Å². The average Bonchev–Trinajstić information content (AvgIpc) is 3.72. The number of likely N-dealkylation sites (N-methyl/N-ethyl adjacent to an activating group) is 1. The number of methoxy groups -OCH3 is 3. The molecule has 0 aromatic heterocycles. The van der Waals surface area contributed by atoms with Gasteiger partial charge < -0.3 is 42.8 Å². The molecule has 11 nitrogen and oxygen atoms in total. The first kappa shape index (κ1) is 41.7. The van der Waals surface area contributed by atoms with Crippen molar-refractivity contribution in [3.05, 3.63) is 36.0 Å². The van der Waals surface area contributed by atoms with E-state index in [4.69, 9.17) is 37.9 Å². The number of rotatable bonds is 10. The highest BCUT2D eigenvalue weighted by Gasteiger charge is 2.52. The van der Waals surface area contributed by atoms with Gasteiger partial charge in [-0.3, -0.25) is 9.59 Å². The molecule has 17 atom stereocenters. The lowest BCUT2D eigenvalue weighted by atomic mass is 9.70. The second-order valence-electron chi connectivity index (χ2n) is 16.8. The molecule has 3 heterocycles. The van der Waals surface area contributed by atoms with E-state index in [-0.39, 0.29) is 103 Å². The van der Waals surface area contributed by atoms with Crippen molar-refractivity contribution >= 4 is 11.8 Å². The van der Waals surface area contributed by atoms with E-state index in [1.54, 1.807) is 21.3 Å². The molecule has 6 rings (SSSR count). The van der Waals surface area contributed by atoms with Crippen molar-refractivity contribution in [1.82, 2.24) is 4.90 Å². The highest BCUT2D eigenvalue weighted by molar-refractivity contribution is 5.99. The molecule has 4 fully saturated rings. The first-order valence-corrected chi connectivity index (χ1v) is 20.6. The van der Waals surface area contributed by atoms with Gasteiger partial charge in [0.05, 0.1) is 30.8 Å². The van der Waals surface area contributed by atoms with Gasteiger partial charge in [-0.25, -0.2) is 0 Å². The Morgan fingerprint density at radius 1 is 0.852 bits per heavy atom. The standard InChI is InChI=1S/C43H67NO10/c1-10-11-13-28-14-12-15-36(54-38-19-18-35(44(5)6)25(3)50-38)24(2)39(46)34-22-32-30(33(34)23-37(45)52-28)17-16-27-20-29(21-31(27)32)53-43-42(49-9)41(48-8)40(47-7)26(4)51-43/h11,13,16-17,22,24-33,35-36,38,40-43H,10,12,14-15,18-21,23H2,1-9H3/b13-11+/t24-,25?,26?,27-,28+,29-,30?,31-,32-,33+,35?,36+,38?,40?,41?,42?,43?/m1/s1. The van der Waals surface area contributed by atoms with Crippen LogP contribution in [0.15, 0.2) is 36.0 Å². The van der Waals surface area contributed by atoms with Crippen LogP contribution in [0.2, 0.25) is 0 Å². The molecule has 0 bridgehead atoms. The number of hydrogen-bond donors (Lipinski definition) is 0. The summed E-state index contributed by atoms with van der Waals surface area (Å²) >= 11 is 0. The quantitative estimate of drug-likeness (QED) is 0.192. The number of fused-ring (bicyclic) bond motifs is 5. The molecule has 0 aromatic rings. The summed E-state index contributed by atoms with van der Waals surface area (Å²) in [6.45, 7) is 8.17. The van der Waals surface area contributed by atoms with E-state index in [2.05, 4.69) is 57.1 Å². The third kappa shape index (κ3) is 8.94. The van der Waals surface area contributed by atoms with Crippen molar-refractivity contribution < 1.29 is 47.5 Å². The number of allylic oxidation sites excluding steroid dienone is 5. The van der Waals surface area contributed by atoms with E-state index < -0.39 is 12.4 Å². The molecule has 0 radical (unpaired) electrons. The summed E-state index contributed by atoms with van der Waals surface area (Å²) in [7, 11) is 9.15. The fourth-order valence-electron chi connectivity index (χ4n) is 10.5. The van der Waals surface area contributed by atoms with Crippen molar-refractivity contribution in [1.29, 1.82) is 0 Å². The first-order valence-electron chi connectivity index (χ1n) is 20.6. The van der Waals surface area contributed by atoms with Gasteiger partial charge >= 0.3 is 5.97 Å². The van der Waals surface area contributed by atoms with E-state index in [0.717, 1.165) is 44.1 Å². The second-order valence-corrected chi connectivity index (χ2v) is 16.8. The van der Waals surface area contributed by atoms with Crippen molar-refractivity contribution in [3.8, 4) is 0 Å². The van der Waals surface area contributed by atoms with Gasteiger partial charge in [0, 0.05) is 39.2 Å². The van der Waals surface area contributed by atoms with Gasteiger partial charge in [0.1, 0.15) is 24.4 Å². The van der Waals surface area contributed by atoms with Gasteiger partial charge in [-0.05, 0) is 115 Å². The van der Waals surface area contributed by atoms with Crippen LogP contribution in [0.4, 0.5) is 0 Å². The van der Waals surface area contributed by atoms with Crippen LogP contribution in [0.3, 0.4) is 0 Å². The van der Waals surface area contributed by atoms with Crippen LogP contribution in [-0.2, 0) is 47.5 Å². The molecule has 11 heteroatoms. The predicted octanol–water partition coefficient (Wildman–Crippen LogP) is 6.04. The van der Waals surface area contributed by atoms with Gasteiger partial charge in [-0.2, -0.15) is 0 Å². The van der Waals surface area contributed by atoms with Crippen LogP contribution in [0.5, 0.6) is 0 Å². The van der Waals surface area contributed by atoms with Crippen LogP contribution < -0.4 is 0 Å². The molecule has 0 aromatic carbocycles. The van der Waals surface area contributed by atoms with Gasteiger partial charge in [0.2, 0.25) is 0 Å². The maximum absolute atomic E-state index is 14.7. The van der Waals surface area contributed by atoms with Crippen LogP contribution in [0, 0.1) is 35.5 Å². The number of nitrogens with zero attached hydrogens (tertiary/aromatic N) is 1. The fourth-order valence-corrected chi connectivity index (χ4v) is 10.5. The smallest absolute Gasteiger partial charge is 0.307 e. The van der Waals surface area contributed by atoms with E-state index in [1.165, 1.54) is 0 Å². The maximum atomic E-state index is 14.7. The number of carbonyl (C=O) groups excluding carboxylic acids is 2. The molecule has 0 spiro atoms. The van der Waals surface area contributed by atoms with Crippen molar-refractivity contribution in [2.24, 2.45) is 35.5 Å². The Kier molecular flexibility index (Phi) is 14.3. The molecule has 304 valence electrons. The second kappa shape index (κ2) is 18.5. The Labute approximate surface area is 323 Å². The third-order valence-electron chi connectivity index (χ3n) is 13.3. The average molecular weight is 758 g/mol. The number of ether oxygens (including phenoxy) is 8. The number of Topliss-reactive ketones (excluding diaryl/α,β-unsaturated/α-hetero) is 1. The Hall–Kier alpha value is -1.96. The SMILES string of the molecule is CC/C=C/[C@H]1CCC[C@H](OC2CCC(N(C)C)C(C)O2)[C@@H](C)C(=O)C2=C[C@@H]3C(C=C[C@@H]4C[C@@H](OC5OC(C)C(OC)C(OC)C5OC)C[C@H]43)[C@@H]2CC(=O)O1. The Morgan fingerprint density at radius 2 is 1.61 bits per heavy atom. The topological polar surface area (TPSA) is 111 Å². The summed E-state index contributed by atoms with van der Waals surface area (Å²) in [5.41, 5.74) is 0.752. The summed E-state index contributed by atoms with van der Waals surface area (Å²) in [4.78, 5) is 30.6. The normalized spacial score (nSPS) is 44.6. The summed E-state index contributed by atoms with van der Waals surface area (Å²) in [5.74, 6) is -0.122. The van der Waals surface area contributed by atoms with Crippen LogP contribution in [0.1, 0.15) is 85.5 Å². The monoisotopic (exact) mass is 757 g/mol. The molecular weight excluding hydrogens is 690 g/mol. The predicted molar refractivity (Wildman–Crippen MR) is 203 cm³/mol. The number of ketones is 1. The van der Waals surface area contributed by atoms with E-state index >= 15 is 0 Å². The van der Waals surface area contributed by atoms with Crippen molar-refractivity contribution in [3.63, 3.8) is 0 Å². The minimum absolute atomic E-state index is 0.0270. The number of hydrogen-bond acceptors (Lipinski definition) is 11. The summed E-state index contributed by atoms with van der Waals surface area (Å²) < 4.78 is 49.7. The number of carbonyl (C=O) groups is 2. The lowest BCUT2D eigenvalue weighted by Crippen LogP contribution is -2.59. The van der Waals surface area contributed by atoms with E-state index in [9.17, 15) is 9.59 Å². The summed E-state index contributed by atoms with van der Waals surface area (Å²) in [5, 5.41) is 0. The van der Waals surface area contributed by atoms with Crippen LogP contribution >= 0.6 is 0 Å². The number of esters is 1. The first-order chi connectivity index (χ1) is 26.0. The molecule has 9 unspecified atom stereocenters. The molecule has 3 saturated heterocycles. The molecule has 0 amide bonds. The highest BCUT2D eigenvalue weighted by atomic mass is 16.7. The fraction of sp³-hybridized carbons (Fsp3) is 0.814. The van der Waals surface area contributed by atoms with E-state index in [0.29, 0.717) is 18.9 Å².